The zero-order chi connectivity index (χ0) is 18.7. The van der Waals surface area contributed by atoms with Gasteiger partial charge in [0.1, 0.15) is 0 Å². The molecule has 0 saturated heterocycles. The lowest BCUT2D eigenvalue weighted by Gasteiger charge is -2.26. The number of rotatable bonds is 4. The molecular weight excluding hydrogens is 300 g/mol. The summed E-state index contributed by atoms with van der Waals surface area (Å²) in [5.41, 5.74) is 2.03. The van der Waals surface area contributed by atoms with Crippen molar-refractivity contribution < 1.29 is 9.59 Å². The van der Waals surface area contributed by atoms with Gasteiger partial charge in [-0.3, -0.25) is 9.59 Å². The van der Waals surface area contributed by atoms with Crippen LogP contribution in [-0.4, -0.2) is 11.8 Å². The predicted molar refractivity (Wildman–Crippen MR) is 101 cm³/mol. The topological polar surface area (TPSA) is 58.2 Å². The highest BCUT2D eigenvalue weighted by Gasteiger charge is 2.23. The van der Waals surface area contributed by atoms with Crippen molar-refractivity contribution in [1.82, 2.24) is 0 Å². The first-order chi connectivity index (χ1) is 10.8. The fourth-order valence-electron chi connectivity index (χ4n) is 1.94. The lowest BCUT2D eigenvalue weighted by Crippen LogP contribution is -2.28. The van der Waals surface area contributed by atoms with Crippen LogP contribution in [0.3, 0.4) is 0 Å². The van der Waals surface area contributed by atoms with Gasteiger partial charge in [0.2, 0.25) is 11.8 Å². The second-order valence-corrected chi connectivity index (χ2v) is 8.75. The number of nitrogens with one attached hydrogen (secondary N) is 2. The first-order valence-electron chi connectivity index (χ1n) is 8.52. The largest absolute Gasteiger partial charge is 0.326 e. The second-order valence-electron chi connectivity index (χ2n) is 8.75. The highest BCUT2D eigenvalue weighted by molar-refractivity contribution is 5.97. The van der Waals surface area contributed by atoms with Crippen molar-refractivity contribution in [3.63, 3.8) is 0 Å². The molecule has 1 atom stereocenters. The van der Waals surface area contributed by atoms with Crippen LogP contribution in [0.15, 0.2) is 18.2 Å². The predicted octanol–water partition coefficient (Wildman–Crippen LogP) is 4.99. The molecule has 0 bridgehead atoms. The molecule has 0 aliphatic heterocycles. The van der Waals surface area contributed by atoms with E-state index < -0.39 is 5.41 Å². The Hall–Kier alpha value is -1.84. The lowest BCUT2D eigenvalue weighted by atomic mass is 9.80. The van der Waals surface area contributed by atoms with E-state index in [1.807, 2.05) is 45.9 Å². The van der Waals surface area contributed by atoms with Gasteiger partial charge in [0.25, 0.3) is 0 Å². The lowest BCUT2D eigenvalue weighted by molar-refractivity contribution is -0.123. The van der Waals surface area contributed by atoms with Crippen LogP contribution in [0.25, 0.3) is 0 Å². The molecule has 1 unspecified atom stereocenters. The van der Waals surface area contributed by atoms with Crippen LogP contribution in [0.2, 0.25) is 0 Å². The first kappa shape index (κ1) is 20.2. The molecule has 0 aliphatic carbocycles. The summed E-state index contributed by atoms with van der Waals surface area (Å²) < 4.78 is 0. The molecule has 4 heteroatoms. The molecule has 0 fully saturated rings. The summed E-state index contributed by atoms with van der Waals surface area (Å²) >= 11 is 0. The molecule has 0 saturated carbocycles. The van der Waals surface area contributed by atoms with Gasteiger partial charge in [0, 0.05) is 23.2 Å². The third kappa shape index (κ3) is 5.99. The van der Waals surface area contributed by atoms with Crippen LogP contribution in [-0.2, 0) is 9.59 Å². The Morgan fingerprint density at radius 2 is 1.62 bits per heavy atom. The second kappa shape index (κ2) is 7.37. The van der Waals surface area contributed by atoms with Crippen molar-refractivity contribution >= 4 is 23.2 Å². The monoisotopic (exact) mass is 332 g/mol. The van der Waals surface area contributed by atoms with E-state index in [2.05, 4.69) is 38.3 Å². The minimum Gasteiger partial charge on any atom is -0.326 e. The number of amides is 2. The zero-order valence-electron chi connectivity index (χ0n) is 16.3. The zero-order valence-corrected chi connectivity index (χ0v) is 16.3. The van der Waals surface area contributed by atoms with E-state index in [9.17, 15) is 9.59 Å². The van der Waals surface area contributed by atoms with Crippen molar-refractivity contribution in [3.05, 3.63) is 23.8 Å². The third-order valence-electron chi connectivity index (χ3n) is 4.42. The van der Waals surface area contributed by atoms with Gasteiger partial charge in [-0.2, -0.15) is 0 Å². The van der Waals surface area contributed by atoms with Gasteiger partial charge >= 0.3 is 0 Å². The standard InChI is InChI=1S/C20H32N2O2/c1-13-9-10-15(12-16(13)22-18(24)20(6,7)8)21-17(23)11-14(2)19(3,4)5/h9-10,12,14H,11H2,1-8H3,(H,21,23)(H,22,24). The Labute approximate surface area is 146 Å². The van der Waals surface area contributed by atoms with E-state index in [4.69, 9.17) is 0 Å². The molecule has 0 spiro atoms. The van der Waals surface area contributed by atoms with Crippen LogP contribution in [0, 0.1) is 23.7 Å². The van der Waals surface area contributed by atoms with Crippen molar-refractivity contribution in [1.29, 1.82) is 0 Å². The molecule has 0 radical (unpaired) electrons. The molecule has 0 aromatic heterocycles. The normalized spacial score (nSPS) is 13.3. The molecule has 1 aromatic carbocycles. The van der Waals surface area contributed by atoms with Crippen LogP contribution in [0.4, 0.5) is 11.4 Å². The minimum atomic E-state index is -0.464. The molecule has 0 aliphatic rings. The van der Waals surface area contributed by atoms with Crippen molar-refractivity contribution in [2.45, 2.75) is 61.8 Å². The summed E-state index contributed by atoms with van der Waals surface area (Å²) in [5.74, 6) is 0.229. The van der Waals surface area contributed by atoms with Gasteiger partial charge in [0.15, 0.2) is 0 Å². The minimum absolute atomic E-state index is 0.00521. The van der Waals surface area contributed by atoms with Gasteiger partial charge in [-0.05, 0) is 36.0 Å². The summed E-state index contributed by atoms with van der Waals surface area (Å²) in [4.78, 5) is 24.4. The number of anilines is 2. The Bertz CT molecular complexity index is 607. The molecule has 2 amide bonds. The van der Waals surface area contributed by atoms with Gasteiger partial charge in [0.05, 0.1) is 0 Å². The molecular formula is C20H32N2O2. The molecule has 2 N–H and O–H groups in total. The van der Waals surface area contributed by atoms with Crippen LogP contribution < -0.4 is 10.6 Å². The molecule has 1 aromatic rings. The van der Waals surface area contributed by atoms with Gasteiger partial charge in [-0.15, -0.1) is 0 Å². The Balaban J connectivity index is 2.83. The number of carbonyl (C=O) groups is 2. The van der Waals surface area contributed by atoms with E-state index in [-0.39, 0.29) is 23.1 Å². The van der Waals surface area contributed by atoms with E-state index in [1.54, 1.807) is 0 Å². The fourth-order valence-corrected chi connectivity index (χ4v) is 1.94. The maximum Gasteiger partial charge on any atom is 0.229 e. The summed E-state index contributed by atoms with van der Waals surface area (Å²) in [7, 11) is 0. The van der Waals surface area contributed by atoms with Crippen LogP contribution in [0.5, 0.6) is 0 Å². The van der Waals surface area contributed by atoms with Gasteiger partial charge in [-0.25, -0.2) is 0 Å². The Morgan fingerprint density at radius 1 is 1.04 bits per heavy atom. The SMILES string of the molecule is Cc1ccc(NC(=O)CC(C)C(C)(C)C)cc1NC(=O)C(C)(C)C. The average Bonchev–Trinajstić information content (AvgIpc) is 2.40. The quantitative estimate of drug-likeness (QED) is 0.816. The van der Waals surface area contributed by atoms with Crippen molar-refractivity contribution in [3.8, 4) is 0 Å². The van der Waals surface area contributed by atoms with E-state index in [1.165, 1.54) is 0 Å². The molecule has 24 heavy (non-hydrogen) atoms. The number of hydrogen-bond donors (Lipinski definition) is 2. The van der Waals surface area contributed by atoms with Crippen molar-refractivity contribution in [2.24, 2.45) is 16.7 Å². The highest BCUT2D eigenvalue weighted by Crippen LogP contribution is 2.29. The summed E-state index contributed by atoms with van der Waals surface area (Å²) in [5, 5.41) is 5.87. The average molecular weight is 332 g/mol. The summed E-state index contributed by atoms with van der Waals surface area (Å²) in [6, 6.07) is 5.58. The van der Waals surface area contributed by atoms with E-state index in [0.717, 1.165) is 11.3 Å². The smallest absolute Gasteiger partial charge is 0.229 e. The Kier molecular flexibility index (Phi) is 6.20. The van der Waals surface area contributed by atoms with Crippen molar-refractivity contribution in [2.75, 3.05) is 10.6 Å². The van der Waals surface area contributed by atoms with Gasteiger partial charge in [-0.1, -0.05) is 54.5 Å². The molecule has 1 rings (SSSR count). The van der Waals surface area contributed by atoms with E-state index >= 15 is 0 Å². The number of benzene rings is 1. The number of hydrogen-bond acceptors (Lipinski definition) is 2. The van der Waals surface area contributed by atoms with E-state index in [0.29, 0.717) is 12.1 Å². The first-order valence-corrected chi connectivity index (χ1v) is 8.52. The van der Waals surface area contributed by atoms with Crippen LogP contribution >= 0.6 is 0 Å². The highest BCUT2D eigenvalue weighted by atomic mass is 16.2. The third-order valence-corrected chi connectivity index (χ3v) is 4.42. The van der Waals surface area contributed by atoms with Gasteiger partial charge < -0.3 is 10.6 Å². The Morgan fingerprint density at radius 3 is 2.12 bits per heavy atom. The molecule has 0 heterocycles. The summed E-state index contributed by atoms with van der Waals surface area (Å²) in [6.45, 7) is 16.0. The summed E-state index contributed by atoms with van der Waals surface area (Å²) in [6.07, 6.45) is 0.473. The maximum absolute atomic E-state index is 12.2. The maximum atomic E-state index is 12.2. The molecule has 4 nitrogen and oxygen atoms in total. The fraction of sp³-hybridized carbons (Fsp3) is 0.600. The number of carbonyl (C=O) groups excluding carboxylic acids is 2. The van der Waals surface area contributed by atoms with Crippen LogP contribution in [0.1, 0.15) is 60.5 Å². The number of aryl methyl sites for hydroxylation is 1. The molecule has 134 valence electrons.